The molecule has 2 rings (SSSR count). The van der Waals surface area contributed by atoms with Gasteiger partial charge in [0.25, 0.3) is 0 Å². The van der Waals surface area contributed by atoms with Crippen LogP contribution in [0.4, 0.5) is 0 Å². The van der Waals surface area contributed by atoms with E-state index in [-0.39, 0.29) is 22.9 Å². The fourth-order valence-corrected chi connectivity index (χ4v) is 2.49. The molecular weight excluding hydrogens is 290 g/mol. The predicted molar refractivity (Wildman–Crippen MR) is 82.8 cm³/mol. The highest BCUT2D eigenvalue weighted by molar-refractivity contribution is 8.14. The van der Waals surface area contributed by atoms with E-state index >= 15 is 0 Å². The van der Waals surface area contributed by atoms with E-state index in [2.05, 4.69) is 4.99 Å². The zero-order chi connectivity index (χ0) is 15.2. The van der Waals surface area contributed by atoms with Crippen LogP contribution < -0.4 is 0 Å². The topological polar surface area (TPSA) is 75.9 Å². The summed E-state index contributed by atoms with van der Waals surface area (Å²) in [5, 5.41) is 10.8. The highest BCUT2D eigenvalue weighted by atomic mass is 32.2. The molecule has 5 nitrogen and oxygen atoms in total. The minimum Gasteiger partial charge on any atom is -0.504 e. The number of aliphatic hydroxyl groups is 1. The number of furan rings is 2. The van der Waals surface area contributed by atoms with Crippen LogP contribution >= 0.6 is 11.8 Å². The van der Waals surface area contributed by atoms with Gasteiger partial charge in [-0.1, -0.05) is 6.92 Å². The number of nitrogens with zero attached hydrogens (tertiary/aromatic N) is 1. The van der Waals surface area contributed by atoms with Crippen molar-refractivity contribution in [2.75, 3.05) is 12.8 Å². The molecule has 0 spiro atoms. The molecule has 2 aromatic rings. The van der Waals surface area contributed by atoms with Gasteiger partial charge < -0.3 is 13.9 Å². The third-order valence-corrected chi connectivity index (χ3v) is 3.61. The molecular formula is C15H15NO4S. The van der Waals surface area contributed by atoms with Crippen molar-refractivity contribution in [1.82, 2.24) is 0 Å². The predicted octanol–water partition coefficient (Wildman–Crippen LogP) is 3.81. The molecule has 21 heavy (non-hydrogen) atoms. The maximum Gasteiger partial charge on any atom is 0.234 e. The van der Waals surface area contributed by atoms with Gasteiger partial charge in [-0.05, 0) is 30.0 Å². The number of hydrogen-bond donors (Lipinski definition) is 1. The second-order valence-electron chi connectivity index (χ2n) is 3.97. The number of hydrogen-bond acceptors (Lipinski definition) is 6. The van der Waals surface area contributed by atoms with Crippen LogP contribution in [0.1, 0.15) is 23.2 Å². The van der Waals surface area contributed by atoms with Crippen molar-refractivity contribution in [2.45, 2.75) is 6.92 Å². The first-order valence-electron chi connectivity index (χ1n) is 6.34. The Balaban J connectivity index is 2.54. The van der Waals surface area contributed by atoms with Gasteiger partial charge in [0, 0.05) is 7.05 Å². The van der Waals surface area contributed by atoms with Crippen molar-refractivity contribution in [3.05, 3.63) is 53.9 Å². The van der Waals surface area contributed by atoms with E-state index in [1.807, 2.05) is 6.92 Å². The molecule has 0 bridgehead atoms. The lowest BCUT2D eigenvalue weighted by Crippen LogP contribution is -2.13. The zero-order valence-corrected chi connectivity index (χ0v) is 12.5. The number of aliphatic hydroxyl groups excluding tert-OH is 1. The lowest BCUT2D eigenvalue weighted by Gasteiger charge is -2.09. The van der Waals surface area contributed by atoms with Crippen LogP contribution in [0.2, 0.25) is 0 Å². The second-order valence-corrected chi connectivity index (χ2v) is 5.22. The van der Waals surface area contributed by atoms with E-state index in [0.29, 0.717) is 10.8 Å². The van der Waals surface area contributed by atoms with Crippen molar-refractivity contribution < 1.29 is 18.7 Å². The molecule has 6 heteroatoms. The van der Waals surface area contributed by atoms with Crippen LogP contribution in [-0.2, 0) is 0 Å². The molecule has 1 N–H and O–H groups in total. The Hall–Kier alpha value is -2.21. The van der Waals surface area contributed by atoms with E-state index in [0.717, 1.165) is 0 Å². The van der Waals surface area contributed by atoms with Crippen molar-refractivity contribution in [1.29, 1.82) is 0 Å². The summed E-state index contributed by atoms with van der Waals surface area (Å²) in [4.78, 5) is 16.7. The summed E-state index contributed by atoms with van der Waals surface area (Å²) in [6, 6.07) is 6.37. The molecule has 0 fully saturated rings. The lowest BCUT2D eigenvalue weighted by atomic mass is 10.1. The molecule has 2 heterocycles. The largest absolute Gasteiger partial charge is 0.504 e. The molecule has 0 aliphatic rings. The summed E-state index contributed by atoms with van der Waals surface area (Å²) >= 11 is 1.36. The van der Waals surface area contributed by atoms with Gasteiger partial charge in [-0.25, -0.2) is 0 Å². The van der Waals surface area contributed by atoms with Crippen molar-refractivity contribution in [3.8, 4) is 0 Å². The normalized spacial score (nSPS) is 13.1. The zero-order valence-electron chi connectivity index (χ0n) is 11.7. The van der Waals surface area contributed by atoms with Crippen LogP contribution in [0.5, 0.6) is 0 Å². The fourth-order valence-electron chi connectivity index (χ4n) is 1.76. The molecule has 0 radical (unpaired) electrons. The third-order valence-electron chi connectivity index (χ3n) is 2.66. The van der Waals surface area contributed by atoms with Gasteiger partial charge in [-0.3, -0.25) is 9.79 Å². The van der Waals surface area contributed by atoms with E-state index in [4.69, 9.17) is 8.83 Å². The van der Waals surface area contributed by atoms with E-state index in [1.54, 1.807) is 31.3 Å². The third kappa shape index (κ3) is 3.28. The van der Waals surface area contributed by atoms with Gasteiger partial charge in [0.2, 0.25) is 5.78 Å². The van der Waals surface area contributed by atoms with Crippen LogP contribution in [0.3, 0.4) is 0 Å². The molecule has 0 aromatic carbocycles. The highest BCUT2D eigenvalue weighted by Gasteiger charge is 2.26. The van der Waals surface area contributed by atoms with Crippen molar-refractivity contribution in [3.63, 3.8) is 0 Å². The van der Waals surface area contributed by atoms with Gasteiger partial charge in [0.1, 0.15) is 10.6 Å². The minimum atomic E-state index is -0.435. The quantitative estimate of drug-likeness (QED) is 0.299. The van der Waals surface area contributed by atoms with Gasteiger partial charge in [0.15, 0.2) is 17.3 Å². The minimum absolute atomic E-state index is 0.0780. The summed E-state index contributed by atoms with van der Waals surface area (Å²) < 4.78 is 10.3. The number of aliphatic imine (C=N–C) groups is 1. The molecule has 0 unspecified atom stereocenters. The summed E-state index contributed by atoms with van der Waals surface area (Å²) in [7, 11) is 1.57. The van der Waals surface area contributed by atoms with E-state index in [1.165, 1.54) is 24.3 Å². The van der Waals surface area contributed by atoms with Crippen LogP contribution in [0, 0.1) is 0 Å². The van der Waals surface area contributed by atoms with Gasteiger partial charge in [-0.15, -0.1) is 11.8 Å². The average molecular weight is 305 g/mol. The molecule has 2 aromatic heterocycles. The van der Waals surface area contributed by atoms with Crippen molar-refractivity contribution in [2.24, 2.45) is 4.99 Å². The smallest absolute Gasteiger partial charge is 0.234 e. The van der Waals surface area contributed by atoms with Crippen molar-refractivity contribution >= 4 is 28.3 Å². The molecule has 110 valence electrons. The first-order chi connectivity index (χ1) is 10.2. The Labute approximate surface area is 126 Å². The van der Waals surface area contributed by atoms with E-state index in [9.17, 15) is 9.90 Å². The molecule has 0 aliphatic heterocycles. The molecule has 0 amide bonds. The number of carbonyl (C=O) groups excluding carboxylic acids is 1. The Morgan fingerprint density at radius 1 is 1.24 bits per heavy atom. The van der Waals surface area contributed by atoms with Gasteiger partial charge >= 0.3 is 0 Å². The summed E-state index contributed by atoms with van der Waals surface area (Å²) in [6.45, 7) is 1.94. The van der Waals surface area contributed by atoms with Crippen LogP contribution in [-0.4, -0.2) is 28.7 Å². The van der Waals surface area contributed by atoms with E-state index < -0.39 is 5.78 Å². The number of ketones is 1. The first-order valence-corrected chi connectivity index (χ1v) is 7.32. The molecule has 0 saturated heterocycles. The van der Waals surface area contributed by atoms with Gasteiger partial charge in [-0.2, -0.15) is 0 Å². The Morgan fingerprint density at radius 3 is 2.33 bits per heavy atom. The summed E-state index contributed by atoms with van der Waals surface area (Å²) in [5.41, 5.74) is 0.0780. The lowest BCUT2D eigenvalue weighted by molar-refractivity contribution is 0.101. The molecule has 0 saturated carbocycles. The monoisotopic (exact) mass is 305 g/mol. The Morgan fingerprint density at radius 2 is 1.86 bits per heavy atom. The maximum atomic E-state index is 12.6. The number of carbonyl (C=O) groups is 1. The standard InChI is InChI=1S/C15H15NO4S/c1-3-21-15(16-2)12(13(17)10-6-4-8-19-10)14(18)11-7-5-9-20-11/h4-9,17H,3H2,1-2H3/b13-12+,16-15?. The Bertz CT molecular complexity index is 654. The fraction of sp³-hybridized carbons (Fsp3) is 0.200. The van der Waals surface area contributed by atoms with Crippen LogP contribution in [0.15, 0.2) is 56.2 Å². The Kier molecular flexibility index (Phi) is 5.05. The highest BCUT2D eigenvalue weighted by Crippen LogP contribution is 2.25. The first kappa shape index (κ1) is 15.2. The number of Topliss-reactive ketones (excluding diaryl/α,β-unsaturated/α-hetero) is 1. The SMILES string of the molecule is CCSC(=NC)/C(C(=O)c1ccco1)=C(/O)c1ccco1. The van der Waals surface area contributed by atoms with Gasteiger partial charge in [0.05, 0.1) is 12.5 Å². The average Bonchev–Trinajstić information content (AvgIpc) is 3.18. The summed E-state index contributed by atoms with van der Waals surface area (Å²) in [5.74, 6) is 0.384. The second kappa shape index (κ2) is 6.99. The van der Waals surface area contributed by atoms with Crippen LogP contribution in [0.25, 0.3) is 5.76 Å². The summed E-state index contributed by atoms with van der Waals surface area (Å²) in [6.07, 6.45) is 2.83. The molecule has 0 aliphatic carbocycles. The molecule has 0 atom stereocenters. The maximum absolute atomic E-state index is 12.6. The number of thioether (sulfide) groups is 1. The number of rotatable bonds is 5.